The van der Waals surface area contributed by atoms with E-state index < -0.39 is 6.29 Å². The summed E-state index contributed by atoms with van der Waals surface area (Å²) in [5.41, 5.74) is 8.74. The Morgan fingerprint density at radius 3 is 2.03 bits per heavy atom. The molecule has 3 N–H and O–H groups in total. The van der Waals surface area contributed by atoms with Gasteiger partial charge in [-0.15, -0.1) is 0 Å². The third-order valence-corrected chi connectivity index (χ3v) is 13.9. The number of urea groups is 1. The number of amides is 2. The van der Waals surface area contributed by atoms with E-state index in [1.165, 1.54) is 19.3 Å². The van der Waals surface area contributed by atoms with Gasteiger partial charge in [-0.3, -0.25) is 0 Å². The van der Waals surface area contributed by atoms with Crippen LogP contribution in [0.5, 0.6) is 0 Å². The van der Waals surface area contributed by atoms with Crippen LogP contribution in [0.3, 0.4) is 0 Å². The molecule has 2 amide bonds. The van der Waals surface area contributed by atoms with Crippen molar-refractivity contribution in [2.75, 3.05) is 5.75 Å². The molecule has 0 unspecified atom stereocenters. The van der Waals surface area contributed by atoms with Crippen molar-refractivity contribution in [3.05, 3.63) is 156 Å². The van der Waals surface area contributed by atoms with Gasteiger partial charge in [-0.05, 0) is 96.2 Å². The summed E-state index contributed by atoms with van der Waals surface area (Å²) in [6.45, 7) is 0.447. The molecule has 1 saturated heterocycles. The molecule has 4 bridgehead atoms. The van der Waals surface area contributed by atoms with Gasteiger partial charge in [0.15, 0.2) is 12.1 Å². The number of carbonyl (C=O) groups is 1. The van der Waals surface area contributed by atoms with Crippen LogP contribution in [0.4, 0.5) is 4.79 Å². The summed E-state index contributed by atoms with van der Waals surface area (Å²) in [5.74, 6) is 3.70. The van der Waals surface area contributed by atoms with Gasteiger partial charge in [0.25, 0.3) is 5.22 Å². The molecule has 5 fully saturated rings. The minimum absolute atomic E-state index is 0.0119. The smallest absolute Gasteiger partial charge is 0.315 e. The molecule has 60 heavy (non-hydrogen) atoms. The number of aliphatic hydroxyl groups is 1. The fourth-order valence-electron chi connectivity index (χ4n) is 10.6. The van der Waals surface area contributed by atoms with E-state index in [-0.39, 0.29) is 30.4 Å². The van der Waals surface area contributed by atoms with Crippen LogP contribution in [0.25, 0.3) is 33.7 Å². The number of nitrogens with one attached hydrogen (secondary N) is 2. The van der Waals surface area contributed by atoms with Gasteiger partial charge >= 0.3 is 6.03 Å². The number of benzene rings is 5. The zero-order valence-electron chi connectivity index (χ0n) is 33.7. The largest absolute Gasteiger partial charge is 0.431 e. The predicted molar refractivity (Wildman–Crippen MR) is 235 cm³/mol. The molecule has 5 aromatic carbocycles. The zero-order valence-corrected chi connectivity index (χ0v) is 34.5. The number of rotatable bonds is 12. The van der Waals surface area contributed by atoms with Crippen LogP contribution in [0.1, 0.15) is 79.6 Å². The van der Waals surface area contributed by atoms with Gasteiger partial charge in [0.05, 0.1) is 18.8 Å². The highest BCUT2D eigenvalue weighted by Gasteiger charge is 2.51. The van der Waals surface area contributed by atoms with Gasteiger partial charge in [-0.2, -0.15) is 0 Å². The maximum absolute atomic E-state index is 13.3. The van der Waals surface area contributed by atoms with Gasteiger partial charge < -0.3 is 29.6 Å². The summed E-state index contributed by atoms with van der Waals surface area (Å²) >= 11 is 1.55. The lowest BCUT2D eigenvalue weighted by Gasteiger charge is -2.56. The SMILES string of the molecule is O=C(NCc1cccc(-c2cccc([C@@H]3O[C@H](CSc4nc(-c5ccccc5)c(-c5ccccc5)o4)C[C@H](c4ccc(CO)cc4)O3)c2)c1)NC12CC3CC(CC(C3)C1)C2. The van der Waals surface area contributed by atoms with E-state index >= 15 is 0 Å². The summed E-state index contributed by atoms with van der Waals surface area (Å²) in [5, 5.41) is 16.9. The van der Waals surface area contributed by atoms with Crippen molar-refractivity contribution < 1.29 is 23.8 Å². The number of aliphatic hydroxyl groups excluding tert-OH is 1. The van der Waals surface area contributed by atoms with E-state index in [9.17, 15) is 9.90 Å². The second-order valence-corrected chi connectivity index (χ2v) is 18.4. The van der Waals surface area contributed by atoms with E-state index in [0.717, 1.165) is 93.0 Å². The number of hydrogen-bond donors (Lipinski definition) is 3. The summed E-state index contributed by atoms with van der Waals surface area (Å²) < 4.78 is 20.0. The first-order valence-corrected chi connectivity index (χ1v) is 22.4. The molecule has 5 aliphatic rings. The summed E-state index contributed by atoms with van der Waals surface area (Å²) in [7, 11) is 0. The monoisotopic (exact) mass is 817 g/mol. The van der Waals surface area contributed by atoms with Crippen LogP contribution in [-0.2, 0) is 22.6 Å². The first-order valence-electron chi connectivity index (χ1n) is 21.4. The molecule has 0 spiro atoms. The lowest BCUT2D eigenvalue weighted by molar-refractivity contribution is -0.245. The molecule has 9 heteroatoms. The fraction of sp³-hybridized carbons (Fsp3) is 0.333. The Labute approximate surface area is 356 Å². The summed E-state index contributed by atoms with van der Waals surface area (Å²) in [4.78, 5) is 18.2. The zero-order chi connectivity index (χ0) is 40.5. The Morgan fingerprint density at radius 2 is 1.33 bits per heavy atom. The van der Waals surface area contributed by atoms with E-state index in [0.29, 0.717) is 23.9 Å². The lowest BCUT2D eigenvalue weighted by atomic mass is 9.53. The van der Waals surface area contributed by atoms with Crippen LogP contribution in [0.2, 0.25) is 0 Å². The molecule has 3 atom stereocenters. The Kier molecular flexibility index (Phi) is 11.1. The van der Waals surface area contributed by atoms with Gasteiger partial charge in [-0.25, -0.2) is 9.78 Å². The molecular weight excluding hydrogens is 767 g/mol. The summed E-state index contributed by atoms with van der Waals surface area (Å²) in [6, 6.07) is 44.9. The number of aromatic nitrogens is 1. The van der Waals surface area contributed by atoms with Crippen molar-refractivity contribution in [1.29, 1.82) is 0 Å². The second-order valence-electron chi connectivity index (χ2n) is 17.4. The van der Waals surface area contributed by atoms with Crippen LogP contribution in [-0.4, -0.2) is 33.5 Å². The molecule has 1 aromatic heterocycles. The Hall–Kier alpha value is -5.19. The molecule has 6 aromatic rings. The predicted octanol–water partition coefficient (Wildman–Crippen LogP) is 11.3. The van der Waals surface area contributed by atoms with Crippen molar-refractivity contribution >= 4 is 17.8 Å². The van der Waals surface area contributed by atoms with Gasteiger partial charge in [-0.1, -0.05) is 133 Å². The average molecular weight is 818 g/mol. The number of ether oxygens (including phenoxy) is 2. The van der Waals surface area contributed by atoms with Crippen molar-refractivity contribution in [2.45, 2.75) is 87.4 Å². The highest BCUT2D eigenvalue weighted by atomic mass is 32.2. The number of oxazole rings is 1. The minimum Gasteiger partial charge on any atom is -0.431 e. The van der Waals surface area contributed by atoms with Crippen LogP contribution in [0, 0.1) is 17.8 Å². The van der Waals surface area contributed by atoms with E-state index in [2.05, 4.69) is 65.2 Å². The standard InChI is InChI=1S/C51H51N3O5S/c55-31-33-17-19-38(20-18-33)45-26-44(32-60-50-53-46(39-10-3-1-4-11-39)47(59-50)40-12-5-2-6-13-40)57-48(58-45)43-16-8-15-42(25-43)41-14-7-9-34(24-41)30-52-49(56)54-51-27-35-21-36(28-51)23-37(22-35)29-51/h1-20,24-25,35-37,44-45,48,55H,21-23,26-32H2,(H2,52,54,56)/t35?,36?,37?,44-,45+,48+,51?/m0/s1. The second kappa shape index (κ2) is 17.1. The lowest BCUT2D eigenvalue weighted by Crippen LogP contribution is -2.61. The maximum atomic E-state index is 13.3. The third-order valence-electron chi connectivity index (χ3n) is 13.0. The van der Waals surface area contributed by atoms with Crippen molar-refractivity contribution in [1.82, 2.24) is 15.6 Å². The molecule has 4 aliphatic carbocycles. The van der Waals surface area contributed by atoms with Gasteiger partial charge in [0.1, 0.15) is 5.69 Å². The highest BCUT2D eigenvalue weighted by Crippen LogP contribution is 2.55. The molecule has 306 valence electrons. The molecule has 4 saturated carbocycles. The fourth-order valence-corrected chi connectivity index (χ4v) is 11.4. The average Bonchev–Trinajstić information content (AvgIpc) is 3.72. The topological polar surface area (TPSA) is 106 Å². The molecule has 8 nitrogen and oxygen atoms in total. The number of hydrogen-bond acceptors (Lipinski definition) is 7. The quantitative estimate of drug-likeness (QED) is 0.106. The van der Waals surface area contributed by atoms with Gasteiger partial charge in [0.2, 0.25) is 0 Å². The van der Waals surface area contributed by atoms with Crippen molar-refractivity contribution in [2.24, 2.45) is 17.8 Å². The maximum Gasteiger partial charge on any atom is 0.315 e. The Morgan fingerprint density at radius 1 is 0.683 bits per heavy atom. The third kappa shape index (κ3) is 8.54. The Balaban J connectivity index is 0.851. The molecular formula is C51H51N3O5S. The normalized spacial score (nSPS) is 25.6. The molecule has 0 radical (unpaired) electrons. The van der Waals surface area contributed by atoms with E-state index in [4.69, 9.17) is 18.9 Å². The number of nitrogens with zero attached hydrogens (tertiary/aromatic N) is 1. The number of carbonyl (C=O) groups excluding carboxylic acids is 1. The molecule has 11 rings (SSSR count). The Bertz CT molecular complexity index is 2330. The van der Waals surface area contributed by atoms with E-state index in [1.807, 2.05) is 78.9 Å². The van der Waals surface area contributed by atoms with Gasteiger partial charge in [0, 0.05) is 40.9 Å². The number of thioether (sulfide) groups is 1. The first-order chi connectivity index (χ1) is 29.4. The van der Waals surface area contributed by atoms with Crippen molar-refractivity contribution in [3.8, 4) is 33.7 Å². The molecule has 1 aliphatic heterocycles. The highest BCUT2D eigenvalue weighted by molar-refractivity contribution is 7.99. The van der Waals surface area contributed by atoms with Crippen molar-refractivity contribution in [3.63, 3.8) is 0 Å². The van der Waals surface area contributed by atoms with Crippen LogP contribution < -0.4 is 10.6 Å². The van der Waals surface area contributed by atoms with E-state index in [1.54, 1.807) is 11.8 Å². The first kappa shape index (κ1) is 39.0. The summed E-state index contributed by atoms with van der Waals surface area (Å²) in [6.07, 6.45) is 7.08. The van der Waals surface area contributed by atoms with Crippen LogP contribution in [0.15, 0.2) is 143 Å². The minimum atomic E-state index is -0.616. The molecule has 2 heterocycles. The van der Waals surface area contributed by atoms with Crippen LogP contribution >= 0.6 is 11.8 Å².